The van der Waals surface area contributed by atoms with E-state index in [-0.39, 0.29) is 17.8 Å². The topological polar surface area (TPSA) is 35.5 Å². The van der Waals surface area contributed by atoms with Crippen LogP contribution in [0.2, 0.25) is 0 Å². The molecule has 0 saturated carbocycles. The fourth-order valence-electron chi connectivity index (χ4n) is 1.91. The molecule has 1 aliphatic carbocycles. The van der Waals surface area contributed by atoms with E-state index in [1.807, 2.05) is 0 Å². The normalized spacial score (nSPS) is 31.5. The van der Waals surface area contributed by atoms with Crippen molar-refractivity contribution < 1.29 is 14.3 Å². The zero-order chi connectivity index (χ0) is 10.6. The molecule has 14 heavy (non-hydrogen) atoms. The van der Waals surface area contributed by atoms with Crippen LogP contribution in [0.3, 0.4) is 0 Å². The number of methoxy groups -OCH3 is 2. The molecule has 80 valence electrons. The van der Waals surface area contributed by atoms with Gasteiger partial charge in [-0.05, 0) is 12.3 Å². The fourth-order valence-corrected chi connectivity index (χ4v) is 1.91. The van der Waals surface area contributed by atoms with Crippen LogP contribution in [-0.4, -0.2) is 26.8 Å². The standard InChI is InChI=1S/C11H18O3/c1-8-4-5-9(7-13-2)10(6-8)11(12)14-3/h4-5,8-10H,6-7H2,1-3H3/t8-,9-,10+/m1/s1. The quantitative estimate of drug-likeness (QED) is 0.511. The van der Waals surface area contributed by atoms with Crippen LogP contribution in [0.5, 0.6) is 0 Å². The van der Waals surface area contributed by atoms with Gasteiger partial charge in [-0.25, -0.2) is 0 Å². The predicted octanol–water partition coefficient (Wildman–Crippen LogP) is 1.63. The molecule has 3 nitrogen and oxygen atoms in total. The monoisotopic (exact) mass is 198 g/mol. The summed E-state index contributed by atoms with van der Waals surface area (Å²) in [6.07, 6.45) is 5.07. The van der Waals surface area contributed by atoms with Crippen LogP contribution >= 0.6 is 0 Å². The highest BCUT2D eigenvalue weighted by molar-refractivity contribution is 5.73. The average molecular weight is 198 g/mol. The second-order valence-corrected chi connectivity index (χ2v) is 3.85. The van der Waals surface area contributed by atoms with E-state index >= 15 is 0 Å². The lowest BCUT2D eigenvalue weighted by Gasteiger charge is -2.27. The molecule has 1 rings (SSSR count). The van der Waals surface area contributed by atoms with Crippen molar-refractivity contribution in [3.63, 3.8) is 0 Å². The van der Waals surface area contributed by atoms with Gasteiger partial charge >= 0.3 is 5.97 Å². The first-order valence-corrected chi connectivity index (χ1v) is 4.94. The number of ether oxygens (including phenoxy) is 2. The first-order chi connectivity index (χ1) is 6.69. The minimum atomic E-state index is -0.122. The Balaban J connectivity index is 2.68. The van der Waals surface area contributed by atoms with Gasteiger partial charge in [-0.3, -0.25) is 4.79 Å². The van der Waals surface area contributed by atoms with Gasteiger partial charge in [-0.15, -0.1) is 0 Å². The third kappa shape index (κ3) is 2.58. The van der Waals surface area contributed by atoms with Crippen molar-refractivity contribution in [1.82, 2.24) is 0 Å². The molecule has 0 unspecified atom stereocenters. The zero-order valence-corrected chi connectivity index (χ0v) is 9.03. The number of hydrogen-bond donors (Lipinski definition) is 0. The first kappa shape index (κ1) is 11.2. The zero-order valence-electron chi connectivity index (χ0n) is 9.03. The molecule has 3 heteroatoms. The molecule has 0 amide bonds. The van der Waals surface area contributed by atoms with Gasteiger partial charge in [-0.2, -0.15) is 0 Å². The van der Waals surface area contributed by atoms with Crippen molar-refractivity contribution >= 4 is 5.97 Å². The van der Waals surface area contributed by atoms with Gasteiger partial charge in [0.25, 0.3) is 0 Å². The Kier molecular flexibility index (Phi) is 4.14. The summed E-state index contributed by atoms with van der Waals surface area (Å²) in [6, 6.07) is 0. The van der Waals surface area contributed by atoms with Crippen LogP contribution in [0.4, 0.5) is 0 Å². The summed E-state index contributed by atoms with van der Waals surface area (Å²) in [4.78, 5) is 11.5. The van der Waals surface area contributed by atoms with Crippen molar-refractivity contribution in [1.29, 1.82) is 0 Å². The summed E-state index contributed by atoms with van der Waals surface area (Å²) in [6.45, 7) is 2.69. The minimum Gasteiger partial charge on any atom is -0.469 e. The van der Waals surface area contributed by atoms with Gasteiger partial charge < -0.3 is 9.47 Å². The molecule has 0 aromatic rings. The van der Waals surface area contributed by atoms with Crippen LogP contribution in [0.1, 0.15) is 13.3 Å². The summed E-state index contributed by atoms with van der Waals surface area (Å²) >= 11 is 0. The lowest BCUT2D eigenvalue weighted by molar-refractivity contribution is -0.148. The van der Waals surface area contributed by atoms with E-state index in [0.717, 1.165) is 6.42 Å². The Bertz CT molecular complexity index is 223. The largest absolute Gasteiger partial charge is 0.469 e. The molecule has 0 saturated heterocycles. The van der Waals surface area contributed by atoms with Gasteiger partial charge in [0.05, 0.1) is 19.6 Å². The summed E-state index contributed by atoms with van der Waals surface area (Å²) in [7, 11) is 3.09. The van der Waals surface area contributed by atoms with Crippen LogP contribution in [-0.2, 0) is 14.3 Å². The molecule has 0 heterocycles. The third-order valence-electron chi connectivity index (χ3n) is 2.69. The molecular formula is C11H18O3. The van der Waals surface area contributed by atoms with E-state index in [1.165, 1.54) is 7.11 Å². The predicted molar refractivity (Wildman–Crippen MR) is 53.8 cm³/mol. The SMILES string of the molecule is COC[C@H]1C=C[C@@H](C)C[C@@H]1C(=O)OC. The molecule has 0 N–H and O–H groups in total. The van der Waals surface area contributed by atoms with Crippen molar-refractivity contribution in [3.8, 4) is 0 Å². The highest BCUT2D eigenvalue weighted by atomic mass is 16.5. The van der Waals surface area contributed by atoms with Crippen LogP contribution < -0.4 is 0 Å². The summed E-state index contributed by atoms with van der Waals surface area (Å²) in [5.74, 6) is 0.457. The molecule has 0 radical (unpaired) electrons. The van der Waals surface area contributed by atoms with E-state index in [9.17, 15) is 4.79 Å². The first-order valence-electron chi connectivity index (χ1n) is 4.94. The second kappa shape index (κ2) is 5.15. The van der Waals surface area contributed by atoms with Gasteiger partial charge in [-0.1, -0.05) is 19.1 Å². The van der Waals surface area contributed by atoms with Crippen molar-refractivity contribution in [2.24, 2.45) is 17.8 Å². The Hall–Kier alpha value is -0.830. The average Bonchev–Trinajstić information content (AvgIpc) is 2.20. The number of carbonyl (C=O) groups is 1. The molecule has 0 aromatic heterocycles. The Morgan fingerprint density at radius 3 is 2.71 bits per heavy atom. The van der Waals surface area contributed by atoms with Gasteiger partial charge in [0.2, 0.25) is 0 Å². The van der Waals surface area contributed by atoms with Crippen molar-refractivity contribution in [2.75, 3.05) is 20.8 Å². The van der Waals surface area contributed by atoms with E-state index in [1.54, 1.807) is 7.11 Å². The maximum absolute atomic E-state index is 11.5. The van der Waals surface area contributed by atoms with Crippen LogP contribution in [0, 0.1) is 17.8 Å². The highest BCUT2D eigenvalue weighted by Gasteiger charge is 2.31. The Morgan fingerprint density at radius 2 is 2.14 bits per heavy atom. The van der Waals surface area contributed by atoms with E-state index in [0.29, 0.717) is 12.5 Å². The lowest BCUT2D eigenvalue weighted by Crippen LogP contribution is -2.30. The molecule has 1 aliphatic rings. The van der Waals surface area contributed by atoms with Gasteiger partial charge in [0.1, 0.15) is 0 Å². The van der Waals surface area contributed by atoms with E-state index < -0.39 is 0 Å². The summed E-state index contributed by atoms with van der Waals surface area (Å²) < 4.78 is 9.87. The van der Waals surface area contributed by atoms with Gasteiger partial charge in [0, 0.05) is 13.0 Å². The van der Waals surface area contributed by atoms with E-state index in [2.05, 4.69) is 19.1 Å². The Labute approximate surface area is 85.1 Å². The molecule has 3 atom stereocenters. The molecular weight excluding hydrogens is 180 g/mol. The maximum atomic E-state index is 11.5. The molecule has 0 aromatic carbocycles. The fraction of sp³-hybridized carbons (Fsp3) is 0.727. The summed E-state index contributed by atoms with van der Waals surface area (Å²) in [5.41, 5.74) is 0. The van der Waals surface area contributed by atoms with Crippen LogP contribution in [0.25, 0.3) is 0 Å². The summed E-state index contributed by atoms with van der Waals surface area (Å²) in [5, 5.41) is 0. The minimum absolute atomic E-state index is 0.0417. The molecule has 0 spiro atoms. The smallest absolute Gasteiger partial charge is 0.309 e. The van der Waals surface area contributed by atoms with Crippen molar-refractivity contribution in [2.45, 2.75) is 13.3 Å². The van der Waals surface area contributed by atoms with E-state index in [4.69, 9.17) is 9.47 Å². The Morgan fingerprint density at radius 1 is 1.43 bits per heavy atom. The number of carbonyl (C=O) groups excluding carboxylic acids is 1. The van der Waals surface area contributed by atoms with Gasteiger partial charge in [0.15, 0.2) is 0 Å². The van der Waals surface area contributed by atoms with Crippen LogP contribution in [0.15, 0.2) is 12.2 Å². The number of esters is 1. The number of hydrogen-bond acceptors (Lipinski definition) is 3. The molecule has 0 aliphatic heterocycles. The molecule has 0 fully saturated rings. The third-order valence-corrected chi connectivity index (χ3v) is 2.69. The molecule has 0 bridgehead atoms. The number of allylic oxidation sites excluding steroid dienone is 1. The maximum Gasteiger partial charge on any atom is 0.309 e. The second-order valence-electron chi connectivity index (χ2n) is 3.85. The number of rotatable bonds is 3. The highest BCUT2D eigenvalue weighted by Crippen LogP contribution is 2.29. The van der Waals surface area contributed by atoms with Crippen molar-refractivity contribution in [3.05, 3.63) is 12.2 Å². The lowest BCUT2D eigenvalue weighted by atomic mass is 9.80.